The summed E-state index contributed by atoms with van der Waals surface area (Å²) in [4.78, 5) is 63.3. The van der Waals surface area contributed by atoms with E-state index in [2.05, 4.69) is 63.5 Å². The second kappa shape index (κ2) is 20.8. The molecular formula is C55H83N3O12. The number of allylic oxidation sites excluding steroid dienone is 1. The Kier molecular flexibility index (Phi) is 15.7. The lowest BCUT2D eigenvalue weighted by Gasteiger charge is -2.53. The molecule has 0 spiro atoms. The summed E-state index contributed by atoms with van der Waals surface area (Å²) in [5, 5.41) is 28.4. The highest BCUT2D eigenvalue weighted by Crippen LogP contribution is 2.61. The van der Waals surface area contributed by atoms with Crippen LogP contribution in [-0.4, -0.2) is 117 Å². The highest BCUT2D eigenvalue weighted by atomic mass is 16.8. The van der Waals surface area contributed by atoms with E-state index in [9.17, 15) is 24.6 Å². The van der Waals surface area contributed by atoms with Crippen molar-refractivity contribution in [2.45, 2.75) is 243 Å². The molecule has 2 amide bonds. The van der Waals surface area contributed by atoms with Gasteiger partial charge in [-0.05, 0) is 114 Å². The van der Waals surface area contributed by atoms with Gasteiger partial charge in [-0.15, -0.1) is 0 Å². The first kappa shape index (κ1) is 52.9. The molecule has 7 aliphatic rings. The topological polar surface area (TPSA) is 195 Å². The molecule has 3 saturated carbocycles. The van der Waals surface area contributed by atoms with Crippen molar-refractivity contribution in [3.63, 3.8) is 0 Å². The molecule has 70 heavy (non-hydrogen) atoms. The molecule has 13 atom stereocenters. The Morgan fingerprint density at radius 3 is 2.26 bits per heavy atom. The smallest absolute Gasteiger partial charge is 0.327 e. The van der Waals surface area contributed by atoms with Crippen LogP contribution >= 0.6 is 0 Å². The van der Waals surface area contributed by atoms with Crippen LogP contribution in [0.25, 0.3) is 6.08 Å². The summed E-state index contributed by atoms with van der Waals surface area (Å²) in [5.41, 5.74) is 1.46. The van der Waals surface area contributed by atoms with E-state index in [-0.39, 0.29) is 31.4 Å². The van der Waals surface area contributed by atoms with Gasteiger partial charge in [0.25, 0.3) is 0 Å². The SMILES string of the molecule is CCCCCC1(CCCCC)OC2C3CC4(C(=O)NC(C(=O)NC(CO)CCC(=O)OC(C)(C)C)C(C)O)C(ON(Cc5ccc(C=C6CCC7OC7(C)CCC7C6CC7(C)C)cc5)C4C(=O)O3)C2O1. The molecule has 15 heteroatoms. The maximum absolute atomic E-state index is 15.3. The predicted molar refractivity (Wildman–Crippen MR) is 261 cm³/mol. The van der Waals surface area contributed by atoms with Gasteiger partial charge >= 0.3 is 11.9 Å². The van der Waals surface area contributed by atoms with E-state index < -0.39 is 95.8 Å². The summed E-state index contributed by atoms with van der Waals surface area (Å²) in [5.74, 6) is -2.33. The molecule has 0 aromatic heterocycles. The van der Waals surface area contributed by atoms with Crippen molar-refractivity contribution in [1.29, 1.82) is 0 Å². The third kappa shape index (κ3) is 10.9. The van der Waals surface area contributed by atoms with Crippen molar-refractivity contribution < 1.29 is 57.9 Å². The van der Waals surface area contributed by atoms with Crippen molar-refractivity contribution >= 4 is 29.8 Å². The van der Waals surface area contributed by atoms with Crippen molar-refractivity contribution in [2.24, 2.45) is 22.7 Å². The molecule has 4 aliphatic heterocycles. The van der Waals surface area contributed by atoms with E-state index in [0.29, 0.717) is 36.2 Å². The first-order valence-corrected chi connectivity index (χ1v) is 26.7. The van der Waals surface area contributed by atoms with E-state index in [1.807, 2.05) is 12.1 Å². The number of hydrogen-bond donors (Lipinski definition) is 4. The lowest BCUT2D eigenvalue weighted by atomic mass is 9.52. The lowest BCUT2D eigenvalue weighted by Crippen LogP contribution is -2.71. The summed E-state index contributed by atoms with van der Waals surface area (Å²) in [6.07, 6.45) is 10.5. The van der Waals surface area contributed by atoms with Crippen LogP contribution in [0.15, 0.2) is 29.8 Å². The molecule has 0 radical (unpaired) electrons. The third-order valence-electron chi connectivity index (χ3n) is 16.8. The van der Waals surface area contributed by atoms with E-state index in [1.165, 1.54) is 25.3 Å². The number of hydroxylamine groups is 2. The number of carbonyl (C=O) groups is 4. The van der Waals surface area contributed by atoms with Crippen molar-refractivity contribution in [2.75, 3.05) is 6.61 Å². The Morgan fingerprint density at radius 2 is 1.63 bits per heavy atom. The summed E-state index contributed by atoms with van der Waals surface area (Å²) >= 11 is 0. The first-order valence-electron chi connectivity index (χ1n) is 26.7. The second-order valence-corrected chi connectivity index (χ2v) is 23.8. The number of carbonyl (C=O) groups excluding carboxylic acids is 4. The zero-order valence-corrected chi connectivity index (χ0v) is 43.4. The fraction of sp³-hybridized carbons (Fsp3) is 0.782. The van der Waals surface area contributed by atoms with Gasteiger partial charge in [0.05, 0.1) is 37.0 Å². The standard InChI is InChI=1S/C55H83N3O12/c1-10-12-14-25-54(26-15-13-11-2)68-44-40-30-55(50(64)57-43(33(3)60)48(62)56-37(32-59)21-23-42(61)67-51(4,5)6)46(49(63)65-40)58(70-47(55)45(44)69-54)31-35-18-16-34(17-19-35)28-36-20-22-41-53(9,66-41)27-24-39-38(36)29-52(39,7)8/h16-19,28,33,37-41,43-47,59-60H,10-15,20-27,29-32H2,1-9H3,(H,56,62)(H,57,64). The maximum atomic E-state index is 15.3. The zero-order chi connectivity index (χ0) is 50.4. The molecule has 4 heterocycles. The highest BCUT2D eigenvalue weighted by molar-refractivity contribution is 5.96. The van der Waals surface area contributed by atoms with E-state index in [4.69, 9.17) is 28.5 Å². The van der Waals surface area contributed by atoms with Crippen LogP contribution in [0.2, 0.25) is 0 Å². The number of aliphatic hydroxyl groups is 2. The van der Waals surface area contributed by atoms with Gasteiger partial charge in [-0.1, -0.05) is 89.3 Å². The van der Waals surface area contributed by atoms with Crippen LogP contribution in [0.4, 0.5) is 0 Å². The van der Waals surface area contributed by atoms with E-state index >= 15 is 4.79 Å². The van der Waals surface area contributed by atoms with Gasteiger partial charge in [0.2, 0.25) is 11.8 Å². The molecule has 1 aromatic carbocycles. The van der Waals surface area contributed by atoms with Crippen molar-refractivity contribution in [1.82, 2.24) is 15.7 Å². The van der Waals surface area contributed by atoms with Crippen LogP contribution in [0.1, 0.15) is 176 Å². The zero-order valence-electron chi connectivity index (χ0n) is 43.4. The van der Waals surface area contributed by atoms with Gasteiger partial charge in [0.15, 0.2) is 11.8 Å². The first-order chi connectivity index (χ1) is 33.1. The summed E-state index contributed by atoms with van der Waals surface area (Å²) in [7, 11) is 0. The summed E-state index contributed by atoms with van der Waals surface area (Å²) < 4.78 is 31.9. The second-order valence-electron chi connectivity index (χ2n) is 23.8. The molecule has 3 aliphatic carbocycles. The predicted octanol–water partition coefficient (Wildman–Crippen LogP) is 7.37. The Bertz CT molecular complexity index is 2080. The third-order valence-corrected chi connectivity index (χ3v) is 16.8. The fourth-order valence-electron chi connectivity index (χ4n) is 12.9. The number of hydrogen-bond acceptors (Lipinski definition) is 13. The molecule has 390 valence electrons. The van der Waals surface area contributed by atoms with E-state index in [1.54, 1.807) is 25.8 Å². The normalized spacial score (nSPS) is 34.5. The van der Waals surface area contributed by atoms with Crippen LogP contribution in [0.3, 0.4) is 0 Å². The number of benzene rings is 1. The number of amides is 2. The Balaban J connectivity index is 1.06. The fourth-order valence-corrected chi connectivity index (χ4v) is 12.9. The summed E-state index contributed by atoms with van der Waals surface area (Å²) in [6, 6.07) is 4.71. The molecule has 4 N–H and O–H groups in total. The molecular weight excluding hydrogens is 895 g/mol. The van der Waals surface area contributed by atoms with Crippen LogP contribution in [-0.2, 0) is 54.2 Å². The minimum absolute atomic E-state index is 0.0146. The number of aliphatic hydroxyl groups excluding tert-OH is 2. The van der Waals surface area contributed by atoms with Gasteiger partial charge < -0.3 is 44.5 Å². The van der Waals surface area contributed by atoms with Gasteiger partial charge in [-0.2, -0.15) is 5.06 Å². The minimum Gasteiger partial charge on any atom is -0.460 e. The quantitative estimate of drug-likeness (QED) is 0.0576. The molecule has 4 saturated heterocycles. The Morgan fingerprint density at radius 1 is 0.943 bits per heavy atom. The minimum atomic E-state index is -1.61. The van der Waals surface area contributed by atoms with Gasteiger partial charge in [-0.25, -0.2) is 0 Å². The Hall–Kier alpha value is -3.44. The average Bonchev–Trinajstić information content (AvgIpc) is 3.57. The Labute approximate surface area is 415 Å². The van der Waals surface area contributed by atoms with Crippen LogP contribution in [0, 0.1) is 22.7 Å². The van der Waals surface area contributed by atoms with Crippen molar-refractivity contribution in [3.8, 4) is 0 Å². The molecule has 2 bridgehead atoms. The molecule has 13 unspecified atom stereocenters. The number of unbranched alkanes of at least 4 members (excludes halogenated alkanes) is 4. The number of fused-ring (bicyclic) bond motifs is 6. The number of epoxide rings is 1. The number of nitrogens with zero attached hydrogens (tertiary/aromatic N) is 1. The molecule has 7 fully saturated rings. The van der Waals surface area contributed by atoms with Gasteiger partial charge in [-0.3, -0.25) is 24.0 Å². The maximum Gasteiger partial charge on any atom is 0.327 e. The monoisotopic (exact) mass is 978 g/mol. The largest absolute Gasteiger partial charge is 0.460 e. The van der Waals surface area contributed by atoms with Crippen LogP contribution < -0.4 is 10.6 Å². The highest BCUT2D eigenvalue weighted by Gasteiger charge is 2.76. The van der Waals surface area contributed by atoms with Gasteiger partial charge in [0.1, 0.15) is 41.5 Å². The lowest BCUT2D eigenvalue weighted by molar-refractivity contribution is -0.224. The van der Waals surface area contributed by atoms with Gasteiger partial charge in [0, 0.05) is 25.7 Å². The number of ether oxygens (including phenoxy) is 5. The molecule has 1 aromatic rings. The molecule has 8 rings (SSSR count). The summed E-state index contributed by atoms with van der Waals surface area (Å²) in [6.45, 7) is 17.7. The molecule has 15 nitrogen and oxygen atoms in total. The number of esters is 2. The van der Waals surface area contributed by atoms with Crippen LogP contribution in [0.5, 0.6) is 0 Å². The average molecular weight is 978 g/mol. The number of nitrogens with one attached hydrogen (secondary N) is 2. The van der Waals surface area contributed by atoms with E-state index in [0.717, 1.165) is 68.9 Å². The number of rotatable bonds is 20. The van der Waals surface area contributed by atoms with Crippen molar-refractivity contribution in [3.05, 3.63) is 41.0 Å².